The van der Waals surface area contributed by atoms with Crippen molar-refractivity contribution in [2.24, 2.45) is 0 Å². The Bertz CT molecular complexity index is 618. The molecule has 1 aromatic carbocycles. The molecule has 0 saturated carbocycles. The van der Waals surface area contributed by atoms with Gasteiger partial charge in [0.15, 0.2) is 0 Å². The highest BCUT2D eigenvalue weighted by atomic mass is 35.5. The predicted molar refractivity (Wildman–Crippen MR) is 75.0 cm³/mol. The van der Waals surface area contributed by atoms with Gasteiger partial charge in [0.25, 0.3) is 5.91 Å². The summed E-state index contributed by atoms with van der Waals surface area (Å²) in [6.45, 7) is 1.51. The van der Waals surface area contributed by atoms with Crippen molar-refractivity contribution in [2.45, 2.75) is 13.0 Å². The van der Waals surface area contributed by atoms with Gasteiger partial charge in [0, 0.05) is 34.8 Å². The maximum Gasteiger partial charge on any atom is 0.259 e. The number of halogens is 2. The van der Waals surface area contributed by atoms with E-state index in [0.717, 1.165) is 18.8 Å². The summed E-state index contributed by atoms with van der Waals surface area (Å²) in [4.78, 5) is 14.2. The molecule has 0 N–H and O–H groups in total. The second kappa shape index (κ2) is 4.87. The molecule has 0 spiro atoms. The van der Waals surface area contributed by atoms with E-state index in [-0.39, 0.29) is 5.91 Å². The summed E-state index contributed by atoms with van der Waals surface area (Å²) in [6.07, 6.45) is 2.58. The van der Waals surface area contributed by atoms with Gasteiger partial charge in [-0.3, -0.25) is 9.69 Å². The SMILES string of the molecule is O=C(c1cc(Cl)cc(Cl)c1)N1CCCn2nccc21. The Morgan fingerprint density at radius 1 is 1.16 bits per heavy atom. The smallest absolute Gasteiger partial charge is 0.259 e. The second-order valence-electron chi connectivity index (χ2n) is 4.38. The van der Waals surface area contributed by atoms with Crippen LogP contribution in [0.15, 0.2) is 30.5 Å². The fourth-order valence-electron chi connectivity index (χ4n) is 2.26. The Morgan fingerprint density at radius 2 is 1.89 bits per heavy atom. The lowest BCUT2D eigenvalue weighted by molar-refractivity contribution is 0.0981. The summed E-state index contributed by atoms with van der Waals surface area (Å²) in [5.74, 6) is 0.707. The van der Waals surface area contributed by atoms with E-state index < -0.39 is 0 Å². The van der Waals surface area contributed by atoms with Crippen LogP contribution in [0.1, 0.15) is 16.8 Å². The van der Waals surface area contributed by atoms with Gasteiger partial charge in [-0.1, -0.05) is 23.2 Å². The number of fused-ring (bicyclic) bond motifs is 1. The molecule has 1 aromatic heterocycles. The van der Waals surface area contributed by atoms with Crippen molar-refractivity contribution in [1.29, 1.82) is 0 Å². The molecule has 0 radical (unpaired) electrons. The van der Waals surface area contributed by atoms with Crippen molar-refractivity contribution >= 4 is 34.9 Å². The van der Waals surface area contributed by atoms with Crippen molar-refractivity contribution in [3.8, 4) is 0 Å². The van der Waals surface area contributed by atoms with Gasteiger partial charge in [-0.15, -0.1) is 0 Å². The molecule has 1 aliphatic heterocycles. The first-order chi connectivity index (χ1) is 9.15. The lowest BCUT2D eigenvalue weighted by Crippen LogP contribution is -2.37. The Morgan fingerprint density at radius 3 is 2.63 bits per heavy atom. The van der Waals surface area contributed by atoms with Crippen LogP contribution in [0.25, 0.3) is 0 Å². The molecular weight excluding hydrogens is 285 g/mol. The Hall–Kier alpha value is -1.52. The molecule has 1 amide bonds. The zero-order valence-corrected chi connectivity index (χ0v) is 11.5. The van der Waals surface area contributed by atoms with Crippen molar-refractivity contribution in [3.63, 3.8) is 0 Å². The molecule has 6 heteroatoms. The summed E-state index contributed by atoms with van der Waals surface area (Å²) < 4.78 is 1.83. The molecule has 0 unspecified atom stereocenters. The maximum atomic E-state index is 12.5. The van der Waals surface area contributed by atoms with Crippen molar-refractivity contribution < 1.29 is 4.79 Å². The number of nitrogens with zero attached hydrogens (tertiary/aromatic N) is 3. The van der Waals surface area contributed by atoms with Crippen LogP contribution in [0.3, 0.4) is 0 Å². The number of carbonyl (C=O) groups excluding carboxylic acids is 1. The van der Waals surface area contributed by atoms with Gasteiger partial charge in [0.2, 0.25) is 0 Å². The summed E-state index contributed by atoms with van der Waals surface area (Å²) in [7, 11) is 0. The Labute approximate surface area is 120 Å². The molecule has 3 rings (SSSR count). The van der Waals surface area contributed by atoms with Crippen molar-refractivity contribution in [1.82, 2.24) is 9.78 Å². The lowest BCUT2D eigenvalue weighted by atomic mass is 10.2. The van der Waals surface area contributed by atoms with E-state index >= 15 is 0 Å². The van der Waals surface area contributed by atoms with Gasteiger partial charge in [-0.05, 0) is 24.6 Å². The van der Waals surface area contributed by atoms with Crippen LogP contribution in [-0.2, 0) is 6.54 Å². The molecule has 2 aromatic rings. The first-order valence-electron chi connectivity index (χ1n) is 5.95. The first-order valence-corrected chi connectivity index (χ1v) is 6.70. The van der Waals surface area contributed by atoms with Crippen LogP contribution in [0, 0.1) is 0 Å². The monoisotopic (exact) mass is 295 g/mol. The molecule has 98 valence electrons. The number of carbonyl (C=O) groups is 1. The summed E-state index contributed by atoms with van der Waals surface area (Å²) >= 11 is 11.9. The number of amides is 1. The van der Waals surface area contributed by atoms with Gasteiger partial charge in [0.1, 0.15) is 5.82 Å². The number of aromatic nitrogens is 2. The van der Waals surface area contributed by atoms with Crippen LogP contribution in [0.5, 0.6) is 0 Å². The minimum atomic E-state index is -0.106. The third-order valence-corrected chi connectivity index (χ3v) is 3.51. The van der Waals surface area contributed by atoms with E-state index in [1.165, 1.54) is 0 Å². The predicted octanol–water partition coefficient (Wildman–Crippen LogP) is 3.24. The van der Waals surface area contributed by atoms with Gasteiger partial charge < -0.3 is 0 Å². The normalized spacial score (nSPS) is 14.3. The molecule has 4 nitrogen and oxygen atoms in total. The third kappa shape index (κ3) is 2.33. The van der Waals surface area contributed by atoms with E-state index in [1.807, 2.05) is 10.7 Å². The van der Waals surface area contributed by atoms with E-state index in [2.05, 4.69) is 5.10 Å². The fourth-order valence-corrected chi connectivity index (χ4v) is 2.79. The molecule has 2 heterocycles. The molecule has 19 heavy (non-hydrogen) atoms. The molecule has 0 fully saturated rings. The molecule has 1 aliphatic rings. The number of anilines is 1. The maximum absolute atomic E-state index is 12.5. The fraction of sp³-hybridized carbons (Fsp3) is 0.231. The second-order valence-corrected chi connectivity index (χ2v) is 5.25. The van der Waals surface area contributed by atoms with E-state index in [1.54, 1.807) is 29.3 Å². The zero-order chi connectivity index (χ0) is 13.4. The van der Waals surface area contributed by atoms with Gasteiger partial charge in [-0.25, -0.2) is 4.68 Å². The lowest BCUT2D eigenvalue weighted by Gasteiger charge is -2.27. The Balaban J connectivity index is 1.97. The summed E-state index contributed by atoms with van der Waals surface area (Å²) in [6, 6.07) is 6.71. The van der Waals surface area contributed by atoms with Crippen LogP contribution < -0.4 is 4.90 Å². The average Bonchev–Trinajstić information content (AvgIpc) is 2.84. The molecule has 0 bridgehead atoms. The minimum Gasteiger partial charge on any atom is -0.293 e. The largest absolute Gasteiger partial charge is 0.293 e. The van der Waals surface area contributed by atoms with Crippen molar-refractivity contribution in [2.75, 3.05) is 11.4 Å². The highest BCUT2D eigenvalue weighted by molar-refractivity contribution is 6.35. The third-order valence-electron chi connectivity index (χ3n) is 3.08. The molecule has 0 atom stereocenters. The van der Waals surface area contributed by atoms with Crippen molar-refractivity contribution in [3.05, 3.63) is 46.1 Å². The Kier molecular flexibility index (Phi) is 3.21. The number of hydrogen-bond acceptors (Lipinski definition) is 2. The van der Waals surface area contributed by atoms with Crippen LogP contribution in [0.4, 0.5) is 5.82 Å². The minimum absolute atomic E-state index is 0.106. The quantitative estimate of drug-likeness (QED) is 0.810. The van der Waals surface area contributed by atoms with Gasteiger partial charge >= 0.3 is 0 Å². The summed E-state index contributed by atoms with van der Waals surface area (Å²) in [5.41, 5.74) is 0.493. The standard InChI is InChI=1S/C13H11Cl2N3O/c14-10-6-9(7-11(15)8-10)13(19)17-4-1-5-18-12(17)2-3-16-18/h2-3,6-8H,1,4-5H2. The topological polar surface area (TPSA) is 38.1 Å². The number of rotatable bonds is 1. The van der Waals surface area contributed by atoms with Crippen LogP contribution in [-0.4, -0.2) is 22.2 Å². The van der Waals surface area contributed by atoms with Gasteiger partial charge in [-0.2, -0.15) is 5.10 Å². The number of hydrogen-bond donors (Lipinski definition) is 0. The van der Waals surface area contributed by atoms with Gasteiger partial charge in [0.05, 0.1) is 6.20 Å². The van der Waals surface area contributed by atoms with E-state index in [9.17, 15) is 4.79 Å². The van der Waals surface area contributed by atoms with E-state index in [4.69, 9.17) is 23.2 Å². The number of benzene rings is 1. The molecule has 0 saturated heterocycles. The average molecular weight is 296 g/mol. The zero-order valence-electron chi connectivity index (χ0n) is 10.0. The molecule has 0 aliphatic carbocycles. The molecular formula is C13H11Cl2N3O. The highest BCUT2D eigenvalue weighted by Crippen LogP contribution is 2.25. The summed E-state index contributed by atoms with van der Waals surface area (Å²) in [5, 5.41) is 5.11. The van der Waals surface area contributed by atoms with Crippen LogP contribution in [0.2, 0.25) is 10.0 Å². The van der Waals surface area contributed by atoms with Crippen LogP contribution >= 0.6 is 23.2 Å². The number of aryl methyl sites for hydroxylation is 1. The highest BCUT2D eigenvalue weighted by Gasteiger charge is 2.24. The van der Waals surface area contributed by atoms with E-state index in [0.29, 0.717) is 22.2 Å². The first kappa shape index (κ1) is 12.5.